The van der Waals surface area contributed by atoms with Crippen LogP contribution in [-0.4, -0.2) is 70.1 Å². The largest absolute Gasteiger partial charge is 0.357 e. The van der Waals surface area contributed by atoms with Crippen LogP contribution in [-0.2, 0) is 9.84 Å². The van der Waals surface area contributed by atoms with Crippen molar-refractivity contribution in [3.8, 4) is 0 Å². The van der Waals surface area contributed by atoms with E-state index in [0.717, 1.165) is 25.6 Å². The van der Waals surface area contributed by atoms with Gasteiger partial charge < -0.3 is 10.6 Å². The molecule has 124 valence electrons. The minimum atomic E-state index is -2.88. The molecule has 1 unspecified atom stereocenters. The third kappa shape index (κ3) is 7.66. The Morgan fingerprint density at radius 2 is 2.10 bits per heavy atom. The van der Waals surface area contributed by atoms with Crippen LogP contribution in [0.4, 0.5) is 0 Å². The van der Waals surface area contributed by atoms with E-state index in [1.54, 1.807) is 0 Å². The van der Waals surface area contributed by atoms with Gasteiger partial charge in [0.05, 0.1) is 12.3 Å². The Hall–Kier alpha value is -0.820. The molecule has 0 aromatic rings. The summed E-state index contributed by atoms with van der Waals surface area (Å²) in [6.07, 6.45) is 4.34. The lowest BCUT2D eigenvalue weighted by molar-refractivity contribution is 0.273. The number of sulfone groups is 1. The molecule has 0 amide bonds. The zero-order valence-electron chi connectivity index (χ0n) is 13.6. The molecule has 0 aromatic heterocycles. The highest BCUT2D eigenvalue weighted by molar-refractivity contribution is 7.90. The summed E-state index contributed by atoms with van der Waals surface area (Å²) in [4.78, 5) is 7.10. The number of likely N-dealkylation sites (N-methyl/N-ethyl adjacent to an activating group) is 1. The fourth-order valence-corrected chi connectivity index (χ4v) is 3.27. The van der Waals surface area contributed by atoms with E-state index in [9.17, 15) is 8.42 Å². The van der Waals surface area contributed by atoms with Crippen molar-refractivity contribution in [3.05, 3.63) is 0 Å². The van der Waals surface area contributed by atoms with Crippen molar-refractivity contribution in [2.24, 2.45) is 4.99 Å². The number of nitrogens with zero attached hydrogens (tertiary/aromatic N) is 2. The van der Waals surface area contributed by atoms with E-state index in [0.29, 0.717) is 19.0 Å². The lowest BCUT2D eigenvalue weighted by atomic mass is 10.2. The zero-order chi connectivity index (χ0) is 15.7. The first kappa shape index (κ1) is 18.2. The van der Waals surface area contributed by atoms with Crippen molar-refractivity contribution in [2.45, 2.75) is 39.2 Å². The minimum absolute atomic E-state index is 0.214. The van der Waals surface area contributed by atoms with Gasteiger partial charge in [0.1, 0.15) is 9.84 Å². The second-order valence-corrected chi connectivity index (χ2v) is 7.81. The molecular formula is C14H30N4O2S. The molecule has 0 spiro atoms. The summed E-state index contributed by atoms with van der Waals surface area (Å²) < 4.78 is 22.2. The van der Waals surface area contributed by atoms with Crippen LogP contribution in [0.2, 0.25) is 0 Å². The number of likely N-dealkylation sites (tertiary alicyclic amines) is 1. The van der Waals surface area contributed by atoms with Gasteiger partial charge in [-0.2, -0.15) is 0 Å². The van der Waals surface area contributed by atoms with Crippen LogP contribution in [0.25, 0.3) is 0 Å². The van der Waals surface area contributed by atoms with E-state index in [1.807, 2.05) is 6.92 Å². The SMILES string of the molecule is CCNC(=NCC1CCCN1CC)NCCCS(C)(=O)=O. The summed E-state index contributed by atoms with van der Waals surface area (Å²) in [5.41, 5.74) is 0. The lowest BCUT2D eigenvalue weighted by Crippen LogP contribution is -2.40. The molecule has 0 bridgehead atoms. The van der Waals surface area contributed by atoms with Crippen LogP contribution in [0.3, 0.4) is 0 Å². The summed E-state index contributed by atoms with van der Waals surface area (Å²) in [5.74, 6) is 1.000. The Kier molecular flexibility index (Phi) is 8.03. The maximum atomic E-state index is 11.1. The molecule has 1 aliphatic heterocycles. The summed E-state index contributed by atoms with van der Waals surface area (Å²) in [5, 5.41) is 6.41. The van der Waals surface area contributed by atoms with Crippen molar-refractivity contribution >= 4 is 15.8 Å². The molecule has 1 saturated heterocycles. The van der Waals surface area contributed by atoms with Crippen LogP contribution in [0, 0.1) is 0 Å². The van der Waals surface area contributed by atoms with Crippen molar-refractivity contribution < 1.29 is 8.42 Å². The quantitative estimate of drug-likeness (QED) is 0.386. The molecule has 0 radical (unpaired) electrons. The van der Waals surface area contributed by atoms with Gasteiger partial charge in [-0.25, -0.2) is 8.42 Å². The normalized spacial score (nSPS) is 20.7. The Bertz CT molecular complexity index is 423. The maximum Gasteiger partial charge on any atom is 0.191 e. The number of hydrogen-bond donors (Lipinski definition) is 2. The molecule has 1 heterocycles. The van der Waals surface area contributed by atoms with Gasteiger partial charge >= 0.3 is 0 Å². The molecular weight excluding hydrogens is 288 g/mol. The first-order valence-corrected chi connectivity index (χ1v) is 9.96. The molecule has 1 rings (SSSR count). The Morgan fingerprint density at radius 1 is 1.33 bits per heavy atom. The second kappa shape index (κ2) is 9.25. The van der Waals surface area contributed by atoms with Gasteiger partial charge in [0.2, 0.25) is 0 Å². The number of guanidine groups is 1. The van der Waals surface area contributed by atoms with E-state index in [2.05, 4.69) is 27.4 Å². The fraction of sp³-hybridized carbons (Fsp3) is 0.929. The van der Waals surface area contributed by atoms with E-state index < -0.39 is 9.84 Å². The summed E-state index contributed by atoms with van der Waals surface area (Å²) in [6, 6.07) is 0.543. The third-order valence-corrected chi connectivity index (χ3v) is 4.72. The minimum Gasteiger partial charge on any atom is -0.357 e. The number of hydrogen-bond acceptors (Lipinski definition) is 4. The molecule has 1 atom stereocenters. The molecule has 7 heteroatoms. The van der Waals surface area contributed by atoms with Crippen molar-refractivity contribution in [2.75, 3.05) is 44.7 Å². The summed E-state index contributed by atoms with van der Waals surface area (Å²) in [6.45, 7) is 8.71. The third-order valence-electron chi connectivity index (χ3n) is 3.69. The summed E-state index contributed by atoms with van der Waals surface area (Å²) in [7, 11) is -2.88. The molecule has 21 heavy (non-hydrogen) atoms. The molecule has 0 aromatic carbocycles. The van der Waals surface area contributed by atoms with E-state index >= 15 is 0 Å². The van der Waals surface area contributed by atoms with Crippen LogP contribution in [0.5, 0.6) is 0 Å². The van der Waals surface area contributed by atoms with E-state index in [4.69, 9.17) is 0 Å². The maximum absolute atomic E-state index is 11.1. The van der Waals surface area contributed by atoms with Crippen LogP contribution < -0.4 is 10.6 Å². The second-order valence-electron chi connectivity index (χ2n) is 5.55. The molecule has 6 nitrogen and oxygen atoms in total. The van der Waals surface area contributed by atoms with Crippen LogP contribution in [0.15, 0.2) is 4.99 Å². The average molecular weight is 318 g/mol. The highest BCUT2D eigenvalue weighted by atomic mass is 32.2. The van der Waals surface area contributed by atoms with Crippen molar-refractivity contribution in [1.29, 1.82) is 0 Å². The van der Waals surface area contributed by atoms with Gasteiger partial charge in [-0.1, -0.05) is 6.92 Å². The molecule has 1 fully saturated rings. The summed E-state index contributed by atoms with van der Waals surface area (Å²) >= 11 is 0. The van der Waals surface area contributed by atoms with Gasteiger partial charge in [-0.15, -0.1) is 0 Å². The highest BCUT2D eigenvalue weighted by Crippen LogP contribution is 2.16. The topological polar surface area (TPSA) is 73.8 Å². The molecule has 1 aliphatic rings. The standard InChI is InChI=1S/C14H30N4O2S/c1-4-15-14(16-9-7-11-21(3,19)20)17-12-13-8-6-10-18(13)5-2/h13H,4-12H2,1-3H3,(H2,15,16,17). The van der Waals surface area contributed by atoms with E-state index in [1.165, 1.54) is 25.6 Å². The monoisotopic (exact) mass is 318 g/mol. The number of nitrogens with one attached hydrogen (secondary N) is 2. The smallest absolute Gasteiger partial charge is 0.191 e. The molecule has 0 saturated carbocycles. The van der Waals surface area contributed by atoms with E-state index in [-0.39, 0.29) is 5.75 Å². The predicted molar refractivity (Wildman–Crippen MR) is 88.6 cm³/mol. The van der Waals surface area contributed by atoms with Crippen molar-refractivity contribution in [1.82, 2.24) is 15.5 Å². The Labute approximate surface area is 129 Å². The number of aliphatic imine (C=N–C) groups is 1. The Balaban J connectivity index is 2.39. The van der Waals surface area contributed by atoms with Crippen LogP contribution >= 0.6 is 0 Å². The van der Waals surface area contributed by atoms with Gasteiger partial charge in [0, 0.05) is 25.4 Å². The fourth-order valence-electron chi connectivity index (χ4n) is 2.60. The van der Waals surface area contributed by atoms with Crippen LogP contribution in [0.1, 0.15) is 33.1 Å². The molecule has 0 aliphatic carbocycles. The first-order valence-electron chi connectivity index (χ1n) is 7.90. The average Bonchev–Trinajstić information content (AvgIpc) is 2.87. The lowest BCUT2D eigenvalue weighted by Gasteiger charge is -2.21. The Morgan fingerprint density at radius 3 is 2.71 bits per heavy atom. The number of rotatable bonds is 8. The van der Waals surface area contributed by atoms with Gasteiger partial charge in [0.15, 0.2) is 5.96 Å². The predicted octanol–water partition coefficient (Wildman–Crippen LogP) is 0.461. The zero-order valence-corrected chi connectivity index (χ0v) is 14.4. The highest BCUT2D eigenvalue weighted by Gasteiger charge is 2.22. The van der Waals surface area contributed by atoms with Gasteiger partial charge in [-0.3, -0.25) is 9.89 Å². The van der Waals surface area contributed by atoms with Gasteiger partial charge in [0.25, 0.3) is 0 Å². The first-order chi connectivity index (χ1) is 9.96. The van der Waals surface area contributed by atoms with Crippen molar-refractivity contribution in [3.63, 3.8) is 0 Å². The molecule has 2 N–H and O–H groups in total. The van der Waals surface area contributed by atoms with Gasteiger partial charge in [-0.05, 0) is 39.3 Å².